The molecule has 4 bridgehead atoms. The van der Waals surface area contributed by atoms with Crippen LogP contribution in [0.1, 0.15) is 105 Å². The van der Waals surface area contributed by atoms with Crippen molar-refractivity contribution >= 4 is 0 Å². The molecule has 0 amide bonds. The first kappa shape index (κ1) is 24.7. The molecule has 4 fully saturated rings. The van der Waals surface area contributed by atoms with E-state index in [1.807, 2.05) is 0 Å². The Hall–Kier alpha value is -1.02. The third-order valence-corrected chi connectivity index (χ3v) is 9.92. The van der Waals surface area contributed by atoms with Crippen molar-refractivity contribution in [2.24, 2.45) is 52.3 Å². The van der Waals surface area contributed by atoms with Crippen LogP contribution in [0.4, 0.5) is 0 Å². The van der Waals surface area contributed by atoms with Crippen LogP contribution in [0.15, 0.2) is 24.3 Å². The van der Waals surface area contributed by atoms with Gasteiger partial charge in [0.25, 0.3) is 0 Å². The predicted octanol–water partition coefficient (Wildman–Crippen LogP) is 8.70. The lowest BCUT2D eigenvalue weighted by Crippen LogP contribution is -2.40. The van der Waals surface area contributed by atoms with Gasteiger partial charge in [-0.15, -0.1) is 0 Å². The molecule has 2 nitrogen and oxygen atoms in total. The summed E-state index contributed by atoms with van der Waals surface area (Å²) in [5.41, 5.74) is 1.97. The Kier molecular flexibility index (Phi) is 6.40. The molecule has 0 N–H and O–H groups in total. The summed E-state index contributed by atoms with van der Waals surface area (Å²) < 4.78 is 13.3. The van der Waals surface area contributed by atoms with E-state index in [0.717, 1.165) is 41.3 Å². The van der Waals surface area contributed by atoms with E-state index in [0.29, 0.717) is 23.4 Å². The molecule has 4 aliphatic rings. The van der Waals surface area contributed by atoms with Gasteiger partial charge < -0.3 is 9.47 Å². The van der Waals surface area contributed by atoms with Gasteiger partial charge in [-0.05, 0) is 108 Å². The maximum Gasteiger partial charge on any atom is 0.202 e. The Morgan fingerprint density at radius 3 is 2.06 bits per heavy atom. The Morgan fingerprint density at radius 2 is 1.47 bits per heavy atom. The van der Waals surface area contributed by atoms with Gasteiger partial charge in [-0.1, -0.05) is 67.5 Å². The maximum absolute atomic E-state index is 6.80. The fraction of sp³-hybridized carbons (Fsp3) is 0.812. The molecule has 0 saturated heterocycles. The zero-order valence-corrected chi connectivity index (χ0v) is 23.1. The van der Waals surface area contributed by atoms with Crippen LogP contribution >= 0.6 is 0 Å². The van der Waals surface area contributed by atoms with Gasteiger partial charge in [-0.2, -0.15) is 0 Å². The molecule has 190 valence electrons. The Bertz CT molecular complexity index is 841. The van der Waals surface area contributed by atoms with E-state index < -0.39 is 0 Å². The van der Waals surface area contributed by atoms with Gasteiger partial charge in [0.1, 0.15) is 5.75 Å². The summed E-state index contributed by atoms with van der Waals surface area (Å²) in [7, 11) is 0. The first-order chi connectivity index (χ1) is 15.9. The van der Waals surface area contributed by atoms with Crippen molar-refractivity contribution in [2.45, 2.75) is 112 Å². The molecule has 1 aromatic rings. The molecule has 34 heavy (non-hydrogen) atoms. The fourth-order valence-electron chi connectivity index (χ4n) is 8.60. The molecule has 0 aliphatic heterocycles. The third-order valence-electron chi connectivity index (χ3n) is 9.92. The Morgan fingerprint density at radius 1 is 0.824 bits per heavy atom. The fourth-order valence-corrected chi connectivity index (χ4v) is 8.60. The molecule has 0 radical (unpaired) electrons. The molecule has 4 aliphatic carbocycles. The summed E-state index contributed by atoms with van der Waals surface area (Å²) in [5, 5.41) is 0. The molecule has 4 saturated carbocycles. The lowest BCUT2D eigenvalue weighted by atomic mass is 9.69. The highest BCUT2D eigenvalue weighted by molar-refractivity contribution is 5.30. The molecule has 0 heterocycles. The maximum atomic E-state index is 6.80. The number of hydrogen-bond acceptors (Lipinski definition) is 2. The monoisotopic (exact) mass is 466 g/mol. The van der Waals surface area contributed by atoms with Crippen LogP contribution in [0.5, 0.6) is 5.75 Å². The summed E-state index contributed by atoms with van der Waals surface area (Å²) in [4.78, 5) is 0. The highest BCUT2D eigenvalue weighted by atomic mass is 16.7. The predicted molar refractivity (Wildman–Crippen MR) is 141 cm³/mol. The van der Waals surface area contributed by atoms with Gasteiger partial charge >= 0.3 is 0 Å². The normalized spacial score (nSPS) is 36.2. The molecule has 0 aromatic heterocycles. The molecule has 2 heteroatoms. The minimum absolute atomic E-state index is 0.153. The van der Waals surface area contributed by atoms with Gasteiger partial charge in [0, 0.05) is 5.92 Å². The lowest BCUT2D eigenvalue weighted by molar-refractivity contribution is -0.166. The molecule has 1 aromatic carbocycles. The van der Waals surface area contributed by atoms with Crippen molar-refractivity contribution in [3.05, 3.63) is 29.8 Å². The van der Waals surface area contributed by atoms with Gasteiger partial charge in [0.15, 0.2) is 0 Å². The molecular formula is C32H50O2. The topological polar surface area (TPSA) is 18.5 Å². The minimum Gasteiger partial charge on any atom is -0.465 e. The van der Waals surface area contributed by atoms with E-state index >= 15 is 0 Å². The van der Waals surface area contributed by atoms with Crippen LogP contribution in [0.2, 0.25) is 0 Å². The summed E-state index contributed by atoms with van der Waals surface area (Å²) in [6.07, 6.45) is 8.67. The molecular weight excluding hydrogens is 416 g/mol. The van der Waals surface area contributed by atoms with Crippen molar-refractivity contribution in [1.29, 1.82) is 0 Å². The van der Waals surface area contributed by atoms with Crippen LogP contribution in [-0.2, 0) is 4.74 Å². The van der Waals surface area contributed by atoms with Gasteiger partial charge in [-0.3, -0.25) is 0 Å². The average Bonchev–Trinajstić information content (AvgIpc) is 3.50. The van der Waals surface area contributed by atoms with E-state index in [-0.39, 0.29) is 11.7 Å². The summed E-state index contributed by atoms with van der Waals surface area (Å²) in [6.45, 7) is 18.6. The highest BCUT2D eigenvalue weighted by Gasteiger charge is 2.62. The second-order valence-corrected chi connectivity index (χ2v) is 15.0. The number of hydrogen-bond donors (Lipinski definition) is 0. The van der Waals surface area contributed by atoms with Gasteiger partial charge in [0.2, 0.25) is 6.29 Å². The van der Waals surface area contributed by atoms with E-state index in [2.05, 4.69) is 79.7 Å². The van der Waals surface area contributed by atoms with Crippen molar-refractivity contribution in [3.8, 4) is 5.75 Å². The molecule has 9 atom stereocenters. The van der Waals surface area contributed by atoms with Crippen LogP contribution in [0, 0.1) is 52.3 Å². The van der Waals surface area contributed by atoms with Crippen molar-refractivity contribution < 1.29 is 9.47 Å². The van der Waals surface area contributed by atoms with Crippen molar-refractivity contribution in [1.82, 2.24) is 0 Å². The van der Waals surface area contributed by atoms with E-state index in [4.69, 9.17) is 9.47 Å². The Balaban J connectivity index is 1.25. The molecule has 0 spiro atoms. The van der Waals surface area contributed by atoms with E-state index in [9.17, 15) is 0 Å². The number of benzene rings is 1. The first-order valence-electron chi connectivity index (χ1n) is 14.3. The summed E-state index contributed by atoms with van der Waals surface area (Å²) >= 11 is 0. The van der Waals surface area contributed by atoms with Gasteiger partial charge in [0.05, 0.1) is 6.10 Å². The van der Waals surface area contributed by atoms with E-state index in [1.54, 1.807) is 0 Å². The standard InChI is InChI=1S/C32H50O2/c1-19(2)30(34-27-17-23-16-25(27)29-22-10-9-21(15-22)28(23)29)33-24-13-11-20(12-14-24)26(32(6,7)8)18-31(3,4)5/h11-14,19,21-23,25-30H,9-10,15-18H2,1-8H3. The van der Waals surface area contributed by atoms with Crippen LogP contribution in [0.25, 0.3) is 0 Å². The number of rotatable bonds is 7. The minimum atomic E-state index is -0.153. The van der Waals surface area contributed by atoms with Crippen LogP contribution in [-0.4, -0.2) is 12.4 Å². The second-order valence-electron chi connectivity index (χ2n) is 15.0. The lowest BCUT2D eigenvalue weighted by Gasteiger charge is -2.40. The van der Waals surface area contributed by atoms with Gasteiger partial charge in [-0.25, -0.2) is 0 Å². The number of fused-ring (bicyclic) bond motifs is 9. The zero-order chi connectivity index (χ0) is 24.4. The first-order valence-corrected chi connectivity index (χ1v) is 14.3. The third kappa shape index (κ3) is 4.70. The number of ether oxygens (including phenoxy) is 2. The smallest absolute Gasteiger partial charge is 0.202 e. The SMILES string of the molecule is CC(C)C(Oc1ccc(C(CC(C)(C)C)C(C)(C)C)cc1)OC1CC2CC1C1C3CCC(C3)C21. The van der Waals surface area contributed by atoms with Crippen molar-refractivity contribution in [2.75, 3.05) is 0 Å². The van der Waals surface area contributed by atoms with Crippen LogP contribution < -0.4 is 4.74 Å². The largest absolute Gasteiger partial charge is 0.465 e. The van der Waals surface area contributed by atoms with E-state index in [1.165, 1.54) is 44.1 Å². The summed E-state index contributed by atoms with van der Waals surface area (Å²) in [5.74, 6) is 7.61. The Labute approximate surface area is 209 Å². The summed E-state index contributed by atoms with van der Waals surface area (Å²) in [6, 6.07) is 8.96. The van der Waals surface area contributed by atoms with Crippen molar-refractivity contribution in [3.63, 3.8) is 0 Å². The quantitative estimate of drug-likeness (QED) is 0.295. The highest BCUT2D eigenvalue weighted by Crippen LogP contribution is 2.67. The van der Waals surface area contributed by atoms with Crippen LogP contribution in [0.3, 0.4) is 0 Å². The second kappa shape index (κ2) is 8.82. The average molecular weight is 467 g/mol. The zero-order valence-electron chi connectivity index (χ0n) is 23.1. The molecule has 9 unspecified atom stereocenters. The molecule has 5 rings (SSSR count).